The highest BCUT2D eigenvalue weighted by atomic mass is 15.6. The van der Waals surface area contributed by atoms with E-state index in [9.17, 15) is 0 Å². The Morgan fingerprint density at radius 1 is 0.733 bits per heavy atom. The Morgan fingerprint density at radius 2 is 1.07 bits per heavy atom. The normalized spacial score (nSPS) is 26.8. The Balaban J connectivity index is 1.96. The van der Waals surface area contributed by atoms with E-state index in [1.165, 1.54) is 64.2 Å². The topological polar surface area (TPSA) is 26.0 Å². The fourth-order valence-electron chi connectivity index (χ4n) is 3.57. The summed E-state index contributed by atoms with van der Waals surface area (Å²) in [4.78, 5) is 0. The van der Waals surface area contributed by atoms with Crippen molar-refractivity contribution in [3.05, 3.63) is 0 Å². The van der Waals surface area contributed by atoms with Gasteiger partial charge in [0.2, 0.25) is 0 Å². The SMILES string of the molecule is C[N+](N)(C1CCCCC1)C1CCCCC1. The monoisotopic (exact) mass is 211 g/mol. The minimum absolute atomic E-state index is 0.752. The minimum Gasteiger partial charge on any atom is -0.246 e. The average Bonchev–Trinajstić information content (AvgIpc) is 2.31. The maximum absolute atomic E-state index is 6.60. The highest BCUT2D eigenvalue weighted by molar-refractivity contribution is 4.71. The van der Waals surface area contributed by atoms with Crippen LogP contribution in [-0.2, 0) is 0 Å². The second kappa shape index (κ2) is 4.84. The lowest BCUT2D eigenvalue weighted by Crippen LogP contribution is -2.64. The van der Waals surface area contributed by atoms with Crippen molar-refractivity contribution in [2.24, 2.45) is 5.84 Å². The van der Waals surface area contributed by atoms with Crippen molar-refractivity contribution in [1.82, 2.24) is 0 Å². The second-order valence-electron chi connectivity index (χ2n) is 5.81. The summed E-state index contributed by atoms with van der Waals surface area (Å²) in [7, 11) is 2.28. The lowest BCUT2D eigenvalue weighted by molar-refractivity contribution is -0.970. The molecule has 0 aliphatic heterocycles. The number of rotatable bonds is 2. The lowest BCUT2D eigenvalue weighted by atomic mass is 9.88. The molecule has 0 aromatic heterocycles. The van der Waals surface area contributed by atoms with E-state index >= 15 is 0 Å². The zero-order valence-electron chi connectivity index (χ0n) is 10.3. The number of nitrogens with zero attached hydrogens (tertiary/aromatic N) is 1. The van der Waals surface area contributed by atoms with Crippen LogP contribution in [0.4, 0.5) is 0 Å². The van der Waals surface area contributed by atoms with Gasteiger partial charge in [-0.15, -0.1) is 0 Å². The summed E-state index contributed by atoms with van der Waals surface area (Å²) in [6.45, 7) is 0. The largest absolute Gasteiger partial charge is 0.246 e. The van der Waals surface area contributed by atoms with Crippen molar-refractivity contribution >= 4 is 0 Å². The van der Waals surface area contributed by atoms with Gasteiger partial charge in [-0.25, -0.2) is 4.59 Å². The van der Waals surface area contributed by atoms with Crippen LogP contribution in [0.2, 0.25) is 0 Å². The predicted molar refractivity (Wildman–Crippen MR) is 64.1 cm³/mol. The molecule has 0 radical (unpaired) electrons. The van der Waals surface area contributed by atoms with Gasteiger partial charge in [0.05, 0.1) is 7.05 Å². The number of hydrogen-bond acceptors (Lipinski definition) is 1. The molecule has 0 saturated heterocycles. The van der Waals surface area contributed by atoms with Gasteiger partial charge < -0.3 is 0 Å². The zero-order valence-corrected chi connectivity index (χ0v) is 10.3. The molecule has 0 unspecified atom stereocenters. The van der Waals surface area contributed by atoms with Crippen LogP contribution in [0.25, 0.3) is 0 Å². The molecular formula is C13H27N2+. The first-order chi connectivity index (χ1) is 7.21. The molecule has 0 amide bonds. The van der Waals surface area contributed by atoms with E-state index in [-0.39, 0.29) is 0 Å². The molecule has 0 bridgehead atoms. The summed E-state index contributed by atoms with van der Waals surface area (Å²) >= 11 is 0. The van der Waals surface area contributed by atoms with E-state index in [0.29, 0.717) is 0 Å². The number of quaternary nitrogens is 1. The summed E-state index contributed by atoms with van der Waals surface area (Å²) < 4.78 is 0.833. The van der Waals surface area contributed by atoms with E-state index in [4.69, 9.17) is 5.84 Å². The Kier molecular flexibility index (Phi) is 3.68. The zero-order chi connectivity index (χ0) is 10.7. The van der Waals surface area contributed by atoms with Crippen LogP contribution in [-0.4, -0.2) is 23.7 Å². The highest BCUT2D eigenvalue weighted by Gasteiger charge is 2.38. The first-order valence-electron chi connectivity index (χ1n) is 6.85. The Bertz CT molecular complexity index is 169. The van der Waals surface area contributed by atoms with Gasteiger partial charge in [-0.3, -0.25) is 0 Å². The summed E-state index contributed by atoms with van der Waals surface area (Å²) in [6, 6.07) is 1.50. The first kappa shape index (κ1) is 11.4. The molecule has 0 atom stereocenters. The van der Waals surface area contributed by atoms with Crippen molar-refractivity contribution in [1.29, 1.82) is 0 Å². The Morgan fingerprint density at radius 3 is 1.40 bits per heavy atom. The first-order valence-corrected chi connectivity index (χ1v) is 6.85. The number of nitrogens with two attached hydrogens (primary N) is 1. The molecule has 0 aromatic rings. The number of hydrogen-bond donors (Lipinski definition) is 1. The lowest BCUT2D eigenvalue weighted by Gasteiger charge is -2.45. The average molecular weight is 211 g/mol. The van der Waals surface area contributed by atoms with Gasteiger partial charge >= 0.3 is 0 Å². The van der Waals surface area contributed by atoms with Gasteiger partial charge in [0.25, 0.3) is 0 Å². The van der Waals surface area contributed by atoms with Crippen LogP contribution < -0.4 is 5.84 Å². The molecule has 15 heavy (non-hydrogen) atoms. The van der Waals surface area contributed by atoms with Crippen molar-refractivity contribution in [2.45, 2.75) is 76.3 Å². The van der Waals surface area contributed by atoms with E-state index in [1.54, 1.807) is 0 Å². The van der Waals surface area contributed by atoms with E-state index in [1.807, 2.05) is 0 Å². The molecular weight excluding hydrogens is 184 g/mol. The third-order valence-corrected chi connectivity index (χ3v) is 4.72. The van der Waals surface area contributed by atoms with E-state index in [2.05, 4.69) is 7.05 Å². The van der Waals surface area contributed by atoms with Crippen molar-refractivity contribution in [2.75, 3.05) is 7.05 Å². The van der Waals surface area contributed by atoms with Crippen molar-refractivity contribution in [3.63, 3.8) is 0 Å². The third kappa shape index (κ3) is 2.54. The smallest absolute Gasteiger partial charge is 0.106 e. The predicted octanol–water partition coefficient (Wildman–Crippen LogP) is 2.97. The van der Waals surface area contributed by atoms with Crippen molar-refractivity contribution < 1.29 is 4.59 Å². The Labute approximate surface area is 94.4 Å². The standard InChI is InChI=1S/C13H27N2/c1-15(14,12-8-4-2-5-9-12)13-10-6-3-7-11-13/h12-13H,2-11,14H2,1H3/q+1. The van der Waals surface area contributed by atoms with Crippen LogP contribution in [0, 0.1) is 0 Å². The summed E-state index contributed by atoms with van der Waals surface area (Å²) in [5, 5.41) is 0. The Hall–Kier alpha value is -0.0800. The summed E-state index contributed by atoms with van der Waals surface area (Å²) in [5.74, 6) is 6.60. The summed E-state index contributed by atoms with van der Waals surface area (Å²) in [6.07, 6.45) is 13.9. The maximum Gasteiger partial charge on any atom is 0.106 e. The van der Waals surface area contributed by atoms with Gasteiger partial charge in [0.15, 0.2) is 0 Å². The molecule has 2 fully saturated rings. The molecule has 2 rings (SSSR count). The second-order valence-corrected chi connectivity index (χ2v) is 5.81. The molecule has 2 nitrogen and oxygen atoms in total. The van der Waals surface area contributed by atoms with Crippen LogP contribution in [0.1, 0.15) is 64.2 Å². The third-order valence-electron chi connectivity index (χ3n) is 4.72. The molecule has 88 valence electrons. The van der Waals surface area contributed by atoms with Crippen LogP contribution in [0.15, 0.2) is 0 Å². The molecule has 2 saturated carbocycles. The molecule has 0 aromatic carbocycles. The van der Waals surface area contributed by atoms with Gasteiger partial charge in [0, 0.05) is 25.7 Å². The van der Waals surface area contributed by atoms with Crippen molar-refractivity contribution in [3.8, 4) is 0 Å². The van der Waals surface area contributed by atoms with Gasteiger partial charge in [-0.2, -0.15) is 5.84 Å². The fourth-order valence-corrected chi connectivity index (χ4v) is 3.57. The van der Waals surface area contributed by atoms with Gasteiger partial charge in [-0.1, -0.05) is 12.8 Å². The fraction of sp³-hybridized carbons (Fsp3) is 1.00. The summed E-state index contributed by atoms with van der Waals surface area (Å²) in [5.41, 5.74) is 0. The van der Waals surface area contributed by atoms with Crippen LogP contribution in [0.3, 0.4) is 0 Å². The maximum atomic E-state index is 6.60. The van der Waals surface area contributed by atoms with E-state index < -0.39 is 0 Å². The molecule has 0 spiro atoms. The quantitative estimate of drug-likeness (QED) is 0.424. The molecule has 2 N–H and O–H groups in total. The molecule has 2 aliphatic carbocycles. The van der Waals surface area contributed by atoms with Gasteiger partial charge in [-0.05, 0) is 25.7 Å². The highest BCUT2D eigenvalue weighted by Crippen LogP contribution is 2.31. The van der Waals surface area contributed by atoms with Gasteiger partial charge in [0.1, 0.15) is 12.1 Å². The van der Waals surface area contributed by atoms with Crippen LogP contribution >= 0.6 is 0 Å². The minimum atomic E-state index is 0.752. The molecule has 2 heteroatoms. The van der Waals surface area contributed by atoms with E-state index in [0.717, 1.165) is 16.7 Å². The van der Waals surface area contributed by atoms with Crippen LogP contribution in [0.5, 0.6) is 0 Å². The molecule has 2 aliphatic rings. The molecule has 0 heterocycles.